The maximum atomic E-state index is 12.1. The highest BCUT2D eigenvalue weighted by molar-refractivity contribution is 7.54. The van der Waals surface area contributed by atoms with Crippen LogP contribution >= 0.6 is 7.60 Å². The second-order valence-electron chi connectivity index (χ2n) is 3.26. The Morgan fingerprint density at radius 2 is 2.00 bits per heavy atom. The molecule has 0 aliphatic carbocycles. The monoisotopic (exact) mass is 240 g/mol. The molecule has 0 aliphatic rings. The lowest BCUT2D eigenvalue weighted by Gasteiger charge is -2.16. The molecule has 0 heterocycles. The van der Waals surface area contributed by atoms with Crippen molar-refractivity contribution in [3.05, 3.63) is 48.6 Å². The third-order valence-electron chi connectivity index (χ3n) is 1.95. The SMILES string of the molecule is C=CCP(=O)(OCC)OCc1ccccc1. The van der Waals surface area contributed by atoms with Crippen LogP contribution < -0.4 is 0 Å². The van der Waals surface area contributed by atoms with Crippen LogP contribution in [0.2, 0.25) is 0 Å². The van der Waals surface area contributed by atoms with Crippen LogP contribution in [-0.4, -0.2) is 12.8 Å². The first kappa shape index (κ1) is 13.2. The number of allylic oxidation sites excluding steroid dienone is 1. The van der Waals surface area contributed by atoms with E-state index in [4.69, 9.17) is 9.05 Å². The summed E-state index contributed by atoms with van der Waals surface area (Å²) in [5.74, 6) is 0. The lowest BCUT2D eigenvalue weighted by molar-refractivity contribution is 0.207. The predicted octanol–water partition coefficient (Wildman–Crippen LogP) is 3.62. The van der Waals surface area contributed by atoms with Gasteiger partial charge in [-0.1, -0.05) is 36.4 Å². The van der Waals surface area contributed by atoms with Crippen molar-refractivity contribution >= 4 is 7.60 Å². The summed E-state index contributed by atoms with van der Waals surface area (Å²) >= 11 is 0. The first-order valence-corrected chi connectivity index (χ1v) is 6.96. The van der Waals surface area contributed by atoms with Crippen molar-refractivity contribution in [3.63, 3.8) is 0 Å². The molecule has 4 heteroatoms. The lowest BCUT2D eigenvalue weighted by Crippen LogP contribution is -1.99. The van der Waals surface area contributed by atoms with Crippen LogP contribution in [0.4, 0.5) is 0 Å². The molecule has 0 spiro atoms. The minimum Gasteiger partial charge on any atom is -0.309 e. The molecule has 1 atom stereocenters. The molecular weight excluding hydrogens is 223 g/mol. The highest BCUT2D eigenvalue weighted by atomic mass is 31.2. The van der Waals surface area contributed by atoms with Crippen LogP contribution in [0, 0.1) is 0 Å². The molecule has 0 bridgehead atoms. The average molecular weight is 240 g/mol. The molecule has 0 N–H and O–H groups in total. The van der Waals surface area contributed by atoms with Crippen LogP contribution in [-0.2, 0) is 20.2 Å². The molecule has 0 fully saturated rings. The van der Waals surface area contributed by atoms with Crippen molar-refractivity contribution in [2.24, 2.45) is 0 Å². The first-order valence-electron chi connectivity index (χ1n) is 5.23. The summed E-state index contributed by atoms with van der Waals surface area (Å²) in [7, 11) is -3.00. The van der Waals surface area contributed by atoms with Gasteiger partial charge in [-0.15, -0.1) is 6.58 Å². The minimum absolute atomic E-state index is 0.244. The van der Waals surface area contributed by atoms with Gasteiger partial charge in [0.05, 0.1) is 19.4 Å². The van der Waals surface area contributed by atoms with Crippen molar-refractivity contribution < 1.29 is 13.6 Å². The van der Waals surface area contributed by atoms with Crippen LogP contribution in [0.15, 0.2) is 43.0 Å². The topological polar surface area (TPSA) is 35.5 Å². The molecule has 1 aromatic carbocycles. The molecule has 3 nitrogen and oxygen atoms in total. The van der Waals surface area contributed by atoms with Gasteiger partial charge in [0, 0.05) is 0 Å². The van der Waals surface area contributed by atoms with Crippen LogP contribution in [0.1, 0.15) is 12.5 Å². The lowest BCUT2D eigenvalue weighted by atomic mass is 10.2. The Bertz CT molecular complexity index is 362. The zero-order valence-electron chi connectivity index (χ0n) is 9.46. The second kappa shape index (κ2) is 6.64. The third kappa shape index (κ3) is 4.31. The van der Waals surface area contributed by atoms with E-state index in [1.54, 1.807) is 13.0 Å². The van der Waals surface area contributed by atoms with Crippen molar-refractivity contribution in [3.8, 4) is 0 Å². The van der Waals surface area contributed by atoms with E-state index in [0.29, 0.717) is 13.2 Å². The van der Waals surface area contributed by atoms with Gasteiger partial charge in [0.25, 0.3) is 0 Å². The van der Waals surface area contributed by atoms with Gasteiger partial charge in [-0.3, -0.25) is 4.57 Å². The standard InChI is InChI=1S/C12H17O3P/c1-3-10-16(13,14-4-2)15-11-12-8-6-5-7-9-12/h3,5-9H,1,4,10-11H2,2H3. The van der Waals surface area contributed by atoms with Gasteiger partial charge in [0.15, 0.2) is 0 Å². The van der Waals surface area contributed by atoms with Gasteiger partial charge < -0.3 is 9.05 Å². The summed E-state index contributed by atoms with van der Waals surface area (Å²) < 4.78 is 22.6. The summed E-state index contributed by atoms with van der Waals surface area (Å²) in [6, 6.07) is 9.60. The van der Waals surface area contributed by atoms with Gasteiger partial charge in [-0.05, 0) is 12.5 Å². The van der Waals surface area contributed by atoms with Crippen molar-refractivity contribution in [2.45, 2.75) is 13.5 Å². The maximum Gasteiger partial charge on any atom is 0.334 e. The molecule has 1 unspecified atom stereocenters. The van der Waals surface area contributed by atoms with Gasteiger partial charge in [-0.25, -0.2) is 0 Å². The van der Waals surface area contributed by atoms with E-state index in [2.05, 4.69) is 6.58 Å². The van der Waals surface area contributed by atoms with Crippen molar-refractivity contribution in [1.82, 2.24) is 0 Å². The molecule has 0 aliphatic heterocycles. The third-order valence-corrected chi connectivity index (χ3v) is 3.83. The van der Waals surface area contributed by atoms with Gasteiger partial charge >= 0.3 is 7.60 Å². The Morgan fingerprint density at radius 3 is 2.56 bits per heavy atom. The fraction of sp³-hybridized carbons (Fsp3) is 0.333. The van der Waals surface area contributed by atoms with Crippen LogP contribution in [0.3, 0.4) is 0 Å². The summed E-state index contributed by atoms with van der Waals surface area (Å²) in [5, 5.41) is 0. The largest absolute Gasteiger partial charge is 0.334 e. The van der Waals surface area contributed by atoms with Crippen molar-refractivity contribution in [2.75, 3.05) is 12.8 Å². The predicted molar refractivity (Wildman–Crippen MR) is 65.5 cm³/mol. The molecule has 16 heavy (non-hydrogen) atoms. The Balaban J connectivity index is 2.56. The molecule has 88 valence electrons. The summed E-state index contributed by atoms with van der Waals surface area (Å²) in [4.78, 5) is 0. The van der Waals surface area contributed by atoms with Crippen molar-refractivity contribution in [1.29, 1.82) is 0 Å². The Hall–Kier alpha value is -0.890. The van der Waals surface area contributed by atoms with E-state index in [9.17, 15) is 4.57 Å². The van der Waals surface area contributed by atoms with E-state index in [0.717, 1.165) is 5.56 Å². The fourth-order valence-electron chi connectivity index (χ4n) is 1.24. The summed E-state index contributed by atoms with van der Waals surface area (Å²) in [6.07, 6.45) is 1.80. The van der Waals surface area contributed by atoms with Gasteiger partial charge in [0.2, 0.25) is 0 Å². The molecule has 1 aromatic rings. The van der Waals surface area contributed by atoms with E-state index < -0.39 is 7.60 Å². The first-order chi connectivity index (χ1) is 7.70. The normalized spacial score (nSPS) is 14.3. The molecular formula is C12H17O3P. The Kier molecular flexibility index (Phi) is 5.47. The highest BCUT2D eigenvalue weighted by Crippen LogP contribution is 2.48. The highest BCUT2D eigenvalue weighted by Gasteiger charge is 2.21. The molecule has 0 radical (unpaired) electrons. The van der Waals surface area contributed by atoms with Gasteiger partial charge in [-0.2, -0.15) is 0 Å². The molecule has 0 aromatic heterocycles. The summed E-state index contributed by atoms with van der Waals surface area (Å²) in [6.45, 7) is 6.02. The molecule has 0 amide bonds. The number of hydrogen-bond donors (Lipinski definition) is 0. The number of benzene rings is 1. The Labute approximate surface area is 96.6 Å². The zero-order chi connectivity index (χ0) is 11.9. The van der Waals surface area contributed by atoms with E-state index in [-0.39, 0.29) is 6.16 Å². The van der Waals surface area contributed by atoms with E-state index in [1.807, 2.05) is 30.3 Å². The molecule has 1 rings (SSSR count). The van der Waals surface area contributed by atoms with Crippen LogP contribution in [0.25, 0.3) is 0 Å². The van der Waals surface area contributed by atoms with E-state index in [1.165, 1.54) is 0 Å². The van der Waals surface area contributed by atoms with E-state index >= 15 is 0 Å². The minimum atomic E-state index is -3.00. The van der Waals surface area contributed by atoms with Gasteiger partial charge in [0.1, 0.15) is 0 Å². The smallest absolute Gasteiger partial charge is 0.309 e. The maximum absolute atomic E-state index is 12.1. The molecule has 0 saturated heterocycles. The Morgan fingerprint density at radius 1 is 1.31 bits per heavy atom. The average Bonchev–Trinajstić information content (AvgIpc) is 2.29. The molecule has 0 saturated carbocycles. The quantitative estimate of drug-likeness (QED) is 0.539. The summed E-state index contributed by atoms with van der Waals surface area (Å²) in [5.41, 5.74) is 0.978. The van der Waals surface area contributed by atoms with Crippen LogP contribution in [0.5, 0.6) is 0 Å². The fourth-order valence-corrected chi connectivity index (χ4v) is 2.59. The number of rotatable bonds is 7. The second-order valence-corrected chi connectivity index (χ2v) is 5.36. The number of hydrogen-bond acceptors (Lipinski definition) is 3. The zero-order valence-corrected chi connectivity index (χ0v) is 10.4.